The summed E-state index contributed by atoms with van der Waals surface area (Å²) in [6.45, 7) is 6.63. The van der Waals surface area contributed by atoms with Crippen molar-refractivity contribution in [3.63, 3.8) is 0 Å². The summed E-state index contributed by atoms with van der Waals surface area (Å²) >= 11 is 7.59. The summed E-state index contributed by atoms with van der Waals surface area (Å²) < 4.78 is 14.2. The maximum absolute atomic E-state index is 12.8. The molecule has 3 rings (SSSR count). The number of hydrogen-bond donors (Lipinski definition) is 0. The molecule has 1 amide bonds. The van der Waals surface area contributed by atoms with E-state index in [0.717, 1.165) is 35.2 Å². The van der Waals surface area contributed by atoms with Gasteiger partial charge in [0.25, 0.3) is 5.91 Å². The van der Waals surface area contributed by atoms with Crippen molar-refractivity contribution in [3.8, 4) is 5.75 Å². The second-order valence-electron chi connectivity index (χ2n) is 6.84. The van der Waals surface area contributed by atoms with Gasteiger partial charge in [-0.1, -0.05) is 42.7 Å². The van der Waals surface area contributed by atoms with Gasteiger partial charge in [0.2, 0.25) is 0 Å². The summed E-state index contributed by atoms with van der Waals surface area (Å²) in [6, 6.07) is 12.9. The van der Waals surface area contributed by atoms with Gasteiger partial charge in [0.1, 0.15) is 5.75 Å². The molecular formula is C23H27ClN2O3S. The van der Waals surface area contributed by atoms with Crippen molar-refractivity contribution in [1.82, 2.24) is 4.57 Å². The van der Waals surface area contributed by atoms with E-state index in [1.165, 1.54) is 11.3 Å². The first-order chi connectivity index (χ1) is 14.6. The van der Waals surface area contributed by atoms with Crippen molar-refractivity contribution in [2.45, 2.75) is 39.7 Å². The molecule has 0 atom stereocenters. The Morgan fingerprint density at radius 1 is 1.10 bits per heavy atom. The molecule has 0 N–H and O–H groups in total. The molecule has 30 heavy (non-hydrogen) atoms. The molecule has 3 aromatic rings. The van der Waals surface area contributed by atoms with E-state index < -0.39 is 0 Å². The number of fused-ring (bicyclic) bond motifs is 1. The number of thiazole rings is 1. The number of amides is 1. The van der Waals surface area contributed by atoms with Crippen LogP contribution in [0.4, 0.5) is 0 Å². The Kier molecular flexibility index (Phi) is 8.49. The summed E-state index contributed by atoms with van der Waals surface area (Å²) in [5, 5.41) is 0.660. The van der Waals surface area contributed by atoms with Crippen molar-refractivity contribution >= 4 is 39.1 Å². The highest BCUT2D eigenvalue weighted by Gasteiger charge is 2.10. The van der Waals surface area contributed by atoms with Crippen LogP contribution in [-0.2, 0) is 11.3 Å². The summed E-state index contributed by atoms with van der Waals surface area (Å²) in [4.78, 5) is 17.8. The van der Waals surface area contributed by atoms with E-state index in [-0.39, 0.29) is 5.91 Å². The van der Waals surface area contributed by atoms with Gasteiger partial charge in [0.05, 0.1) is 23.4 Å². The van der Waals surface area contributed by atoms with Crippen molar-refractivity contribution in [2.75, 3.05) is 19.8 Å². The minimum Gasteiger partial charge on any atom is -0.494 e. The quantitative estimate of drug-likeness (QED) is 0.375. The topological polar surface area (TPSA) is 52.8 Å². The minimum absolute atomic E-state index is 0.282. The summed E-state index contributed by atoms with van der Waals surface area (Å²) in [5.41, 5.74) is 1.52. The minimum atomic E-state index is -0.282. The Labute approximate surface area is 185 Å². The highest BCUT2D eigenvalue weighted by Crippen LogP contribution is 2.22. The average molecular weight is 447 g/mol. The fourth-order valence-electron chi connectivity index (χ4n) is 3.04. The maximum atomic E-state index is 12.8. The van der Waals surface area contributed by atoms with Crippen molar-refractivity contribution in [1.29, 1.82) is 0 Å². The third kappa shape index (κ3) is 5.94. The number of carbonyl (C=O) groups is 1. The SMILES string of the molecule is CCCCCOc1ccc(C(=O)N=c2sc3cc(Cl)ccc3n2CCOCC)cc1. The fraction of sp³-hybridized carbons (Fsp3) is 0.391. The first-order valence-electron chi connectivity index (χ1n) is 10.3. The zero-order chi connectivity index (χ0) is 21.3. The van der Waals surface area contributed by atoms with E-state index in [2.05, 4.69) is 11.9 Å². The van der Waals surface area contributed by atoms with Gasteiger partial charge in [0, 0.05) is 23.7 Å². The number of ether oxygens (including phenoxy) is 2. The number of hydrogen-bond acceptors (Lipinski definition) is 4. The van der Waals surface area contributed by atoms with Gasteiger partial charge < -0.3 is 14.0 Å². The van der Waals surface area contributed by atoms with Crippen LogP contribution >= 0.6 is 22.9 Å². The summed E-state index contributed by atoms with van der Waals surface area (Å²) in [6.07, 6.45) is 3.34. The van der Waals surface area contributed by atoms with Crippen LogP contribution in [0.5, 0.6) is 5.75 Å². The summed E-state index contributed by atoms with van der Waals surface area (Å²) in [7, 11) is 0. The molecule has 160 valence electrons. The standard InChI is InChI=1S/C23H27ClN2O3S/c1-3-5-6-14-29-19-10-7-17(8-11-19)22(27)25-23-26(13-15-28-4-2)20-12-9-18(24)16-21(20)30-23/h7-12,16H,3-6,13-15H2,1-2H3. The molecule has 1 heterocycles. The summed E-state index contributed by atoms with van der Waals surface area (Å²) in [5.74, 6) is 0.487. The van der Waals surface area contributed by atoms with Gasteiger partial charge in [0.15, 0.2) is 4.80 Å². The second kappa shape index (κ2) is 11.3. The number of rotatable bonds is 10. The Hall–Kier alpha value is -2.15. The van der Waals surface area contributed by atoms with Crippen molar-refractivity contribution < 1.29 is 14.3 Å². The normalized spacial score (nSPS) is 11.9. The van der Waals surface area contributed by atoms with Crippen LogP contribution in [0.1, 0.15) is 43.5 Å². The van der Waals surface area contributed by atoms with Crippen LogP contribution in [0.3, 0.4) is 0 Å². The van der Waals surface area contributed by atoms with Gasteiger partial charge in [-0.25, -0.2) is 0 Å². The van der Waals surface area contributed by atoms with Crippen LogP contribution in [-0.4, -0.2) is 30.3 Å². The molecule has 0 aliphatic rings. The number of carbonyl (C=O) groups excluding carboxylic acids is 1. The molecule has 1 aromatic heterocycles. The first kappa shape index (κ1) is 22.5. The smallest absolute Gasteiger partial charge is 0.279 e. The molecule has 0 saturated carbocycles. The fourth-order valence-corrected chi connectivity index (χ4v) is 4.37. The first-order valence-corrected chi connectivity index (χ1v) is 11.5. The van der Waals surface area contributed by atoms with Crippen LogP contribution in [0.15, 0.2) is 47.5 Å². The Balaban J connectivity index is 1.82. The van der Waals surface area contributed by atoms with Gasteiger partial charge >= 0.3 is 0 Å². The zero-order valence-electron chi connectivity index (χ0n) is 17.4. The molecule has 2 aromatic carbocycles. The Morgan fingerprint density at radius 2 is 1.90 bits per heavy atom. The molecular weight excluding hydrogens is 420 g/mol. The second-order valence-corrected chi connectivity index (χ2v) is 8.29. The third-order valence-corrected chi connectivity index (χ3v) is 5.90. The monoisotopic (exact) mass is 446 g/mol. The largest absolute Gasteiger partial charge is 0.494 e. The number of benzene rings is 2. The Bertz CT molecular complexity index is 1040. The van der Waals surface area contributed by atoms with E-state index in [9.17, 15) is 4.79 Å². The number of nitrogens with zero attached hydrogens (tertiary/aromatic N) is 2. The molecule has 0 fully saturated rings. The number of aromatic nitrogens is 1. The van der Waals surface area contributed by atoms with Crippen LogP contribution < -0.4 is 9.54 Å². The number of halogens is 1. The van der Waals surface area contributed by atoms with Gasteiger partial charge in [-0.05, 0) is 55.8 Å². The van der Waals surface area contributed by atoms with E-state index in [0.29, 0.717) is 41.8 Å². The van der Waals surface area contributed by atoms with Crippen LogP contribution in [0.2, 0.25) is 5.02 Å². The predicted molar refractivity (Wildman–Crippen MR) is 123 cm³/mol. The van der Waals surface area contributed by atoms with Crippen molar-refractivity contribution in [3.05, 3.63) is 57.9 Å². The molecule has 5 nitrogen and oxygen atoms in total. The van der Waals surface area contributed by atoms with E-state index in [4.69, 9.17) is 21.1 Å². The molecule has 0 saturated heterocycles. The number of unbranched alkanes of at least 4 members (excludes halogenated alkanes) is 2. The highest BCUT2D eigenvalue weighted by molar-refractivity contribution is 7.16. The lowest BCUT2D eigenvalue weighted by Gasteiger charge is -2.06. The molecule has 0 aliphatic heterocycles. The van der Waals surface area contributed by atoms with Gasteiger partial charge in [-0.2, -0.15) is 4.99 Å². The zero-order valence-corrected chi connectivity index (χ0v) is 19.0. The lowest BCUT2D eigenvalue weighted by atomic mass is 10.2. The predicted octanol–water partition coefficient (Wildman–Crippen LogP) is 5.70. The van der Waals surface area contributed by atoms with Crippen LogP contribution in [0.25, 0.3) is 10.2 Å². The van der Waals surface area contributed by atoms with E-state index in [1.54, 1.807) is 12.1 Å². The van der Waals surface area contributed by atoms with E-state index >= 15 is 0 Å². The molecule has 7 heteroatoms. The average Bonchev–Trinajstić information content (AvgIpc) is 3.08. The van der Waals surface area contributed by atoms with Crippen molar-refractivity contribution in [2.24, 2.45) is 4.99 Å². The van der Waals surface area contributed by atoms with Gasteiger partial charge in [-0.3, -0.25) is 4.79 Å². The molecule has 0 unspecified atom stereocenters. The molecule has 0 bridgehead atoms. The molecule has 0 radical (unpaired) electrons. The Morgan fingerprint density at radius 3 is 2.63 bits per heavy atom. The lowest BCUT2D eigenvalue weighted by molar-refractivity contribution is 0.0996. The lowest BCUT2D eigenvalue weighted by Crippen LogP contribution is -2.19. The van der Waals surface area contributed by atoms with E-state index in [1.807, 2.05) is 41.8 Å². The molecule has 0 spiro atoms. The van der Waals surface area contributed by atoms with Crippen LogP contribution in [0, 0.1) is 0 Å². The highest BCUT2D eigenvalue weighted by atomic mass is 35.5. The third-order valence-electron chi connectivity index (χ3n) is 4.62. The van der Waals surface area contributed by atoms with Gasteiger partial charge in [-0.15, -0.1) is 0 Å². The molecule has 0 aliphatic carbocycles. The maximum Gasteiger partial charge on any atom is 0.279 e.